The smallest absolute Gasteiger partial charge is 0.266 e. The molecule has 1 saturated heterocycles. The van der Waals surface area contributed by atoms with Gasteiger partial charge in [0, 0.05) is 12.1 Å². The van der Waals surface area contributed by atoms with Crippen LogP contribution in [0.15, 0.2) is 18.2 Å². The number of nitrogens with two attached hydrogens (primary N) is 1. The van der Waals surface area contributed by atoms with E-state index < -0.39 is 12.0 Å². The lowest BCUT2D eigenvalue weighted by molar-refractivity contribution is -0.133. The van der Waals surface area contributed by atoms with E-state index in [-0.39, 0.29) is 12.5 Å². The number of hydrogen-bond acceptors (Lipinski definition) is 5. The Morgan fingerprint density at radius 3 is 2.76 bits per heavy atom. The Morgan fingerprint density at radius 1 is 1.32 bits per heavy atom. The summed E-state index contributed by atoms with van der Waals surface area (Å²) in [7, 11) is 0. The molecule has 0 unspecified atom stereocenters. The molecule has 25 heavy (non-hydrogen) atoms. The first kappa shape index (κ1) is 17.6. The van der Waals surface area contributed by atoms with E-state index in [2.05, 4.69) is 11.1 Å². The van der Waals surface area contributed by atoms with Gasteiger partial charge >= 0.3 is 0 Å². The maximum atomic E-state index is 12.9. The van der Waals surface area contributed by atoms with Gasteiger partial charge in [-0.25, -0.2) is 4.98 Å². The van der Waals surface area contributed by atoms with E-state index in [0.29, 0.717) is 23.7 Å². The molecule has 1 atom stereocenters. The number of benzene rings is 1. The van der Waals surface area contributed by atoms with Crippen LogP contribution in [0.4, 0.5) is 0 Å². The molecule has 0 saturated carbocycles. The van der Waals surface area contributed by atoms with Gasteiger partial charge in [-0.05, 0) is 26.3 Å². The molecule has 2 heterocycles. The number of carbonyl (C=O) groups excluding carboxylic acids is 2. The van der Waals surface area contributed by atoms with E-state index in [4.69, 9.17) is 10.5 Å². The van der Waals surface area contributed by atoms with E-state index in [0.717, 1.165) is 16.1 Å². The molecule has 132 valence electrons. The fourth-order valence-electron chi connectivity index (χ4n) is 2.91. The molecule has 6 nitrogen and oxygen atoms in total. The summed E-state index contributed by atoms with van der Waals surface area (Å²) >= 11 is 1.38. The highest BCUT2D eigenvalue weighted by molar-refractivity contribution is 7.17. The lowest BCUT2D eigenvalue weighted by Gasteiger charge is -2.31. The van der Waals surface area contributed by atoms with Gasteiger partial charge < -0.3 is 15.4 Å². The molecule has 1 aromatic carbocycles. The van der Waals surface area contributed by atoms with Crippen LogP contribution in [0.2, 0.25) is 0 Å². The second kappa shape index (κ2) is 6.93. The summed E-state index contributed by atoms with van der Waals surface area (Å²) in [5, 5.41) is 0.832. The number of hydrogen-bond donors (Lipinski definition) is 1. The summed E-state index contributed by atoms with van der Waals surface area (Å²) < 4.78 is 5.31. The number of rotatable bonds is 3. The number of ether oxygens (including phenoxy) is 1. The van der Waals surface area contributed by atoms with Gasteiger partial charge in [-0.2, -0.15) is 0 Å². The molecule has 1 fully saturated rings. The zero-order valence-corrected chi connectivity index (χ0v) is 15.4. The summed E-state index contributed by atoms with van der Waals surface area (Å²) in [4.78, 5) is 31.0. The van der Waals surface area contributed by atoms with Gasteiger partial charge in [0.15, 0.2) is 6.10 Å². The van der Waals surface area contributed by atoms with Gasteiger partial charge in [0.1, 0.15) is 9.88 Å². The van der Waals surface area contributed by atoms with Crippen LogP contribution in [0, 0.1) is 20.8 Å². The van der Waals surface area contributed by atoms with Crippen LogP contribution >= 0.6 is 11.3 Å². The third-order valence-electron chi connectivity index (χ3n) is 4.27. The third kappa shape index (κ3) is 3.57. The second-order valence-electron chi connectivity index (χ2n) is 6.26. The predicted octanol–water partition coefficient (Wildman–Crippen LogP) is 2.06. The minimum Gasteiger partial charge on any atom is -0.367 e. The van der Waals surface area contributed by atoms with Crippen molar-refractivity contribution in [3.63, 3.8) is 0 Å². The summed E-state index contributed by atoms with van der Waals surface area (Å²) in [5.41, 5.74) is 9.36. The normalized spacial score (nSPS) is 17.6. The Labute approximate surface area is 150 Å². The first-order chi connectivity index (χ1) is 11.9. The van der Waals surface area contributed by atoms with Crippen molar-refractivity contribution in [3.8, 4) is 10.6 Å². The lowest BCUT2D eigenvalue weighted by Crippen LogP contribution is -2.50. The third-order valence-corrected chi connectivity index (χ3v) is 5.45. The standard InChI is InChI=1S/C18H21N3O3S/c1-10-4-5-13(11(2)8-10)17-20-12(3)15(25-17)18(23)21-6-7-24-14(9-21)16(19)22/h4-5,8,14H,6-7,9H2,1-3H3,(H2,19,22)/t14-/m1/s1. The van der Waals surface area contributed by atoms with Crippen LogP contribution < -0.4 is 5.73 Å². The van der Waals surface area contributed by atoms with E-state index in [1.54, 1.807) is 4.90 Å². The molecular weight excluding hydrogens is 338 g/mol. The van der Waals surface area contributed by atoms with Crippen molar-refractivity contribution in [1.29, 1.82) is 0 Å². The van der Waals surface area contributed by atoms with E-state index >= 15 is 0 Å². The average molecular weight is 359 g/mol. The molecule has 0 aliphatic carbocycles. The number of carbonyl (C=O) groups is 2. The molecule has 0 radical (unpaired) electrons. The van der Waals surface area contributed by atoms with E-state index in [1.807, 2.05) is 32.9 Å². The van der Waals surface area contributed by atoms with Gasteiger partial charge in [-0.1, -0.05) is 23.8 Å². The van der Waals surface area contributed by atoms with Gasteiger partial charge in [0.05, 0.1) is 18.8 Å². The molecule has 3 rings (SSSR count). The molecule has 1 aliphatic heterocycles. The number of nitrogens with zero attached hydrogens (tertiary/aromatic N) is 2. The lowest BCUT2D eigenvalue weighted by atomic mass is 10.1. The highest BCUT2D eigenvalue weighted by atomic mass is 32.1. The number of amides is 2. The molecule has 1 aliphatic rings. The minimum absolute atomic E-state index is 0.124. The molecule has 2 aromatic rings. The van der Waals surface area contributed by atoms with Crippen LogP contribution in [0.25, 0.3) is 10.6 Å². The second-order valence-corrected chi connectivity index (χ2v) is 7.26. The van der Waals surface area contributed by atoms with Crippen molar-refractivity contribution < 1.29 is 14.3 Å². The average Bonchev–Trinajstić information content (AvgIpc) is 2.95. The molecule has 2 amide bonds. The predicted molar refractivity (Wildman–Crippen MR) is 96.6 cm³/mol. The maximum absolute atomic E-state index is 12.9. The number of aryl methyl sites for hydroxylation is 3. The Morgan fingerprint density at radius 2 is 2.08 bits per heavy atom. The van der Waals surface area contributed by atoms with Gasteiger partial charge in [0.2, 0.25) is 5.91 Å². The SMILES string of the molecule is Cc1ccc(-c2nc(C)c(C(=O)N3CCO[C@@H](C(N)=O)C3)s2)c(C)c1. The van der Waals surface area contributed by atoms with Crippen molar-refractivity contribution >= 4 is 23.2 Å². The van der Waals surface area contributed by atoms with Crippen LogP contribution in [0.5, 0.6) is 0 Å². The highest BCUT2D eigenvalue weighted by Gasteiger charge is 2.30. The van der Waals surface area contributed by atoms with Crippen molar-refractivity contribution in [1.82, 2.24) is 9.88 Å². The van der Waals surface area contributed by atoms with Crippen LogP contribution in [0.3, 0.4) is 0 Å². The van der Waals surface area contributed by atoms with E-state index in [1.165, 1.54) is 16.9 Å². The molecule has 7 heteroatoms. The van der Waals surface area contributed by atoms with Gasteiger partial charge in [0.25, 0.3) is 5.91 Å². The Hall–Kier alpha value is -2.25. The highest BCUT2D eigenvalue weighted by Crippen LogP contribution is 2.31. The first-order valence-electron chi connectivity index (χ1n) is 8.12. The maximum Gasteiger partial charge on any atom is 0.266 e. The Balaban J connectivity index is 1.87. The van der Waals surface area contributed by atoms with Gasteiger partial charge in [-0.15, -0.1) is 11.3 Å². The van der Waals surface area contributed by atoms with Crippen molar-refractivity contribution in [3.05, 3.63) is 39.9 Å². The molecule has 2 N–H and O–H groups in total. The Kier molecular flexibility index (Phi) is 4.87. The fourth-order valence-corrected chi connectivity index (χ4v) is 4.04. The monoisotopic (exact) mass is 359 g/mol. The quantitative estimate of drug-likeness (QED) is 0.909. The number of primary amides is 1. The summed E-state index contributed by atoms with van der Waals surface area (Å²) in [6.07, 6.45) is -0.746. The Bertz CT molecular complexity index is 831. The largest absolute Gasteiger partial charge is 0.367 e. The summed E-state index contributed by atoms with van der Waals surface area (Å²) in [5.74, 6) is -0.671. The zero-order chi connectivity index (χ0) is 18.1. The molecule has 1 aromatic heterocycles. The number of morpholine rings is 1. The summed E-state index contributed by atoms with van der Waals surface area (Å²) in [6.45, 7) is 6.86. The molecule has 0 bridgehead atoms. The van der Waals surface area contributed by atoms with E-state index in [9.17, 15) is 9.59 Å². The van der Waals surface area contributed by atoms with Crippen molar-refractivity contribution in [2.45, 2.75) is 26.9 Å². The molecular formula is C18H21N3O3S. The molecule has 0 spiro atoms. The number of aromatic nitrogens is 1. The van der Waals surface area contributed by atoms with Gasteiger partial charge in [-0.3, -0.25) is 9.59 Å². The number of thiazole rings is 1. The van der Waals surface area contributed by atoms with Crippen LogP contribution in [0.1, 0.15) is 26.5 Å². The van der Waals surface area contributed by atoms with Crippen LogP contribution in [-0.4, -0.2) is 47.5 Å². The van der Waals surface area contributed by atoms with Crippen molar-refractivity contribution in [2.24, 2.45) is 5.73 Å². The first-order valence-corrected chi connectivity index (χ1v) is 8.93. The zero-order valence-electron chi connectivity index (χ0n) is 14.5. The van der Waals surface area contributed by atoms with Crippen molar-refractivity contribution in [2.75, 3.05) is 19.7 Å². The minimum atomic E-state index is -0.746. The topological polar surface area (TPSA) is 85.5 Å². The van der Waals surface area contributed by atoms with Crippen LogP contribution in [-0.2, 0) is 9.53 Å². The fraction of sp³-hybridized carbons (Fsp3) is 0.389. The summed E-state index contributed by atoms with van der Waals surface area (Å²) in [6, 6.07) is 6.18.